The summed E-state index contributed by atoms with van der Waals surface area (Å²) in [6.07, 6.45) is 2.83. The van der Waals surface area contributed by atoms with Crippen LogP contribution in [-0.2, 0) is 32.7 Å². The summed E-state index contributed by atoms with van der Waals surface area (Å²) in [6, 6.07) is 10.6. The number of anilines is 1. The minimum absolute atomic E-state index is 0. The molecule has 1 amide bonds. The summed E-state index contributed by atoms with van der Waals surface area (Å²) in [5, 5.41) is 18.5. The van der Waals surface area contributed by atoms with Crippen molar-refractivity contribution in [3.05, 3.63) is 59.5 Å². The third kappa shape index (κ3) is 5.78. The summed E-state index contributed by atoms with van der Waals surface area (Å²) in [4.78, 5) is 18.8. The number of likely N-dealkylation sites (tertiary alicyclic amines) is 1. The predicted molar refractivity (Wildman–Crippen MR) is 118 cm³/mol. The van der Waals surface area contributed by atoms with Crippen molar-refractivity contribution in [2.75, 3.05) is 25.9 Å². The van der Waals surface area contributed by atoms with E-state index in [1.807, 2.05) is 19.1 Å². The number of nitrogens with zero attached hydrogens (tertiary/aromatic N) is 4. The van der Waals surface area contributed by atoms with Gasteiger partial charge in [-0.25, -0.2) is 4.98 Å². The molecule has 1 aromatic carbocycles. The van der Waals surface area contributed by atoms with Crippen LogP contribution < -0.4 is 15.2 Å². The maximum atomic E-state index is 12.9. The third-order valence-corrected chi connectivity index (χ3v) is 5.54. The Morgan fingerprint density at radius 3 is 2.45 bits per heavy atom. The minimum Gasteiger partial charge on any atom is -0.504 e. The molecule has 2 aromatic heterocycles. The number of carbonyl (C=O) groups is 1. The van der Waals surface area contributed by atoms with Crippen molar-refractivity contribution in [2.45, 2.75) is 25.7 Å². The van der Waals surface area contributed by atoms with Gasteiger partial charge in [-0.15, -0.1) is 5.10 Å². The first kappa shape index (κ1) is 24.9. The van der Waals surface area contributed by atoms with Gasteiger partial charge in [0, 0.05) is 63.8 Å². The predicted octanol–water partition coefficient (Wildman–Crippen LogP) is 3.29. The topological polar surface area (TPSA) is 124 Å². The van der Waals surface area contributed by atoms with Gasteiger partial charge in [0.2, 0.25) is 0 Å². The van der Waals surface area contributed by atoms with Crippen LogP contribution in [0.1, 0.15) is 40.5 Å². The number of rotatable bonds is 5. The van der Waals surface area contributed by atoms with Crippen molar-refractivity contribution < 1.29 is 52.1 Å². The molecule has 1 aliphatic rings. The Morgan fingerprint density at radius 1 is 1.12 bits per heavy atom. The van der Waals surface area contributed by atoms with Gasteiger partial charge in [-0.1, -0.05) is 17.7 Å². The molecule has 33 heavy (non-hydrogen) atoms. The molecule has 3 aromatic rings. The van der Waals surface area contributed by atoms with E-state index < -0.39 is 0 Å². The molecule has 0 spiro atoms. The van der Waals surface area contributed by atoms with Crippen LogP contribution in [0.4, 0.5) is 5.82 Å². The maximum absolute atomic E-state index is 12.9. The first-order valence-electron chi connectivity index (χ1n) is 10.3. The summed E-state index contributed by atoms with van der Waals surface area (Å²) < 4.78 is 10.9. The van der Waals surface area contributed by atoms with E-state index in [0.29, 0.717) is 24.6 Å². The van der Waals surface area contributed by atoms with Crippen LogP contribution in [0.25, 0.3) is 0 Å². The molecule has 0 unspecified atom stereocenters. The molecule has 10 heteroatoms. The van der Waals surface area contributed by atoms with Gasteiger partial charge in [-0.2, -0.15) is 5.10 Å². The number of aryl methyl sites for hydroxylation is 1. The molecule has 3 N–H and O–H groups in total. The quantitative estimate of drug-likeness (QED) is 0.521. The fourth-order valence-electron chi connectivity index (χ4n) is 3.66. The third-order valence-electron chi connectivity index (χ3n) is 5.54. The van der Waals surface area contributed by atoms with Gasteiger partial charge in [0.1, 0.15) is 11.4 Å². The number of methoxy groups -OCH3 is 1. The molecular formula is C23H25N5O4Y. The van der Waals surface area contributed by atoms with E-state index in [0.717, 1.165) is 24.1 Å². The van der Waals surface area contributed by atoms with Crippen LogP contribution in [-0.4, -0.2) is 51.3 Å². The number of carbonyl (C=O) groups excluding carboxylic acids is 1. The van der Waals surface area contributed by atoms with Crippen molar-refractivity contribution in [3.63, 3.8) is 0 Å². The number of amides is 1. The van der Waals surface area contributed by atoms with Crippen LogP contribution in [0.3, 0.4) is 0 Å². The average Bonchev–Trinajstić information content (AvgIpc) is 2.82. The summed E-state index contributed by atoms with van der Waals surface area (Å²) in [5.74, 6) is 1.32. The van der Waals surface area contributed by atoms with Crippen LogP contribution in [0, 0.1) is 6.92 Å². The molecule has 0 bridgehead atoms. The molecule has 169 valence electrons. The fourth-order valence-corrected chi connectivity index (χ4v) is 3.66. The molecule has 1 aliphatic heterocycles. The van der Waals surface area contributed by atoms with Gasteiger partial charge in [0.05, 0.1) is 19.0 Å². The van der Waals surface area contributed by atoms with E-state index in [4.69, 9.17) is 15.2 Å². The molecule has 1 fully saturated rings. The van der Waals surface area contributed by atoms with Crippen molar-refractivity contribution >= 4 is 11.7 Å². The summed E-state index contributed by atoms with van der Waals surface area (Å²) in [5.41, 5.74) is 7.82. The Hall–Kier alpha value is -2.78. The number of nitrogen functional groups attached to an aromatic ring is 1. The van der Waals surface area contributed by atoms with Gasteiger partial charge < -0.3 is 25.2 Å². The number of pyridine rings is 1. The number of hydrogen-bond acceptors (Lipinski definition) is 8. The van der Waals surface area contributed by atoms with Crippen molar-refractivity contribution in [3.8, 4) is 23.0 Å². The van der Waals surface area contributed by atoms with E-state index in [-0.39, 0.29) is 67.5 Å². The van der Waals surface area contributed by atoms with E-state index in [2.05, 4.69) is 15.2 Å². The minimum atomic E-state index is -0.235. The van der Waals surface area contributed by atoms with Crippen LogP contribution in [0.5, 0.6) is 23.0 Å². The standard InChI is InChI=1S/C23H25N5O4.Y/c1-14-3-5-16(6-4-14)32-21-13-25-18(11-19(21)29)23(30)28-9-7-15(8-10-28)17-12-20(31-2)22(24)27-26-17;/h3-6,11-13,15H,7-10H2,1-2H3,(H2,24,27)(H,25,29);. The van der Waals surface area contributed by atoms with Crippen molar-refractivity contribution in [2.24, 2.45) is 0 Å². The molecule has 0 aliphatic carbocycles. The van der Waals surface area contributed by atoms with Gasteiger partial charge in [-0.05, 0) is 31.9 Å². The molecule has 0 saturated carbocycles. The SMILES string of the molecule is COc1cc(C2CCN(C(=O)c3cc(O)c(Oc4ccc(C)cc4)cn3)CC2)nnc1N.[Y]. The Kier molecular flexibility index (Phi) is 8.21. The summed E-state index contributed by atoms with van der Waals surface area (Å²) >= 11 is 0. The summed E-state index contributed by atoms with van der Waals surface area (Å²) in [7, 11) is 1.54. The molecule has 1 radical (unpaired) electrons. The first-order chi connectivity index (χ1) is 15.4. The van der Waals surface area contributed by atoms with E-state index in [9.17, 15) is 9.90 Å². The molecule has 0 atom stereocenters. The first-order valence-corrected chi connectivity index (χ1v) is 10.3. The fraction of sp³-hybridized carbons (Fsp3) is 0.304. The number of piperidine rings is 1. The zero-order chi connectivity index (χ0) is 22.7. The second-order valence-electron chi connectivity index (χ2n) is 7.74. The van der Waals surface area contributed by atoms with Crippen LogP contribution >= 0.6 is 0 Å². The Labute approximate surface area is 217 Å². The van der Waals surface area contributed by atoms with Gasteiger partial charge in [-0.3, -0.25) is 4.79 Å². The maximum Gasteiger partial charge on any atom is 0.272 e. The molecule has 1 saturated heterocycles. The molecule has 3 heterocycles. The number of nitrogens with two attached hydrogens (primary N) is 1. The number of ether oxygens (including phenoxy) is 2. The zero-order valence-electron chi connectivity index (χ0n) is 18.6. The van der Waals surface area contributed by atoms with Gasteiger partial charge in [0.25, 0.3) is 5.91 Å². The van der Waals surface area contributed by atoms with E-state index in [1.54, 1.807) is 23.1 Å². The average molecular weight is 524 g/mol. The Morgan fingerprint density at radius 2 is 1.82 bits per heavy atom. The molecule has 4 rings (SSSR count). The normalized spacial score (nSPS) is 13.8. The van der Waals surface area contributed by atoms with Crippen molar-refractivity contribution in [1.82, 2.24) is 20.1 Å². The second kappa shape index (κ2) is 10.9. The van der Waals surface area contributed by atoms with Gasteiger partial charge >= 0.3 is 0 Å². The van der Waals surface area contributed by atoms with Gasteiger partial charge in [0.15, 0.2) is 23.1 Å². The van der Waals surface area contributed by atoms with E-state index >= 15 is 0 Å². The Bertz CT molecular complexity index is 1120. The monoisotopic (exact) mass is 524 g/mol. The number of aromatic hydroxyl groups is 1. The van der Waals surface area contributed by atoms with Crippen molar-refractivity contribution in [1.29, 1.82) is 0 Å². The smallest absolute Gasteiger partial charge is 0.272 e. The largest absolute Gasteiger partial charge is 0.504 e. The zero-order valence-corrected chi connectivity index (χ0v) is 21.4. The number of aromatic nitrogens is 3. The number of benzene rings is 1. The summed E-state index contributed by atoms with van der Waals surface area (Å²) in [6.45, 7) is 3.07. The Balaban J connectivity index is 0.00000306. The van der Waals surface area contributed by atoms with Crippen LogP contribution in [0.2, 0.25) is 0 Å². The van der Waals surface area contributed by atoms with E-state index in [1.165, 1.54) is 19.4 Å². The molecule has 9 nitrogen and oxygen atoms in total. The number of hydrogen-bond donors (Lipinski definition) is 2. The van der Waals surface area contributed by atoms with Crippen LogP contribution in [0.15, 0.2) is 42.6 Å². The molecular weight excluding hydrogens is 499 g/mol. The second-order valence-corrected chi connectivity index (χ2v) is 7.74.